The molecule has 22 heavy (non-hydrogen) atoms. The van der Waals surface area contributed by atoms with Gasteiger partial charge in [-0.15, -0.1) is 13.2 Å². The predicted molar refractivity (Wildman–Crippen MR) is 78.7 cm³/mol. The third kappa shape index (κ3) is 4.31. The van der Waals surface area contributed by atoms with Gasteiger partial charge in [0.25, 0.3) is 0 Å². The van der Waals surface area contributed by atoms with E-state index in [0.29, 0.717) is 22.6 Å². The summed E-state index contributed by atoms with van der Waals surface area (Å²) in [4.78, 5) is 0. The smallest absolute Gasteiger partial charge is 0.490 e. The lowest BCUT2D eigenvalue weighted by Crippen LogP contribution is -2.16. The van der Waals surface area contributed by atoms with Crippen LogP contribution in [0.5, 0.6) is 11.5 Å². The molecule has 0 spiro atoms. The molecule has 2 aromatic carbocycles. The number of hydrogen-bond donors (Lipinski definition) is 1. The SMILES string of the molecule is CC(C)Oc1ccc(N)cc1-c1ccc(OC(F)(F)F)cc1. The summed E-state index contributed by atoms with van der Waals surface area (Å²) in [5.74, 6) is 0.347. The van der Waals surface area contributed by atoms with E-state index in [1.165, 1.54) is 24.3 Å². The molecule has 2 aromatic rings. The molecule has 0 aliphatic carbocycles. The third-order valence-corrected chi connectivity index (χ3v) is 2.77. The van der Waals surface area contributed by atoms with Crippen LogP contribution in [0.25, 0.3) is 11.1 Å². The molecule has 0 fully saturated rings. The van der Waals surface area contributed by atoms with E-state index < -0.39 is 6.36 Å². The Balaban J connectivity index is 2.33. The number of nitrogens with two attached hydrogens (primary N) is 1. The zero-order valence-corrected chi connectivity index (χ0v) is 12.1. The van der Waals surface area contributed by atoms with Gasteiger partial charge in [-0.3, -0.25) is 0 Å². The summed E-state index contributed by atoms with van der Waals surface area (Å²) >= 11 is 0. The second-order valence-electron chi connectivity index (χ2n) is 4.99. The minimum atomic E-state index is -4.70. The minimum Gasteiger partial charge on any atom is -0.490 e. The highest BCUT2D eigenvalue weighted by molar-refractivity contribution is 5.74. The Hall–Kier alpha value is -2.37. The Labute approximate surface area is 126 Å². The van der Waals surface area contributed by atoms with Crippen LogP contribution in [0.3, 0.4) is 0 Å². The minimum absolute atomic E-state index is 0.0322. The maximum Gasteiger partial charge on any atom is 0.573 e. The second-order valence-corrected chi connectivity index (χ2v) is 4.99. The number of nitrogen functional groups attached to an aromatic ring is 1. The molecule has 0 amide bonds. The van der Waals surface area contributed by atoms with Crippen molar-refractivity contribution in [2.45, 2.75) is 26.3 Å². The van der Waals surface area contributed by atoms with Crippen molar-refractivity contribution in [3.05, 3.63) is 42.5 Å². The fraction of sp³-hybridized carbons (Fsp3) is 0.250. The number of benzene rings is 2. The first-order chi connectivity index (χ1) is 10.2. The summed E-state index contributed by atoms with van der Waals surface area (Å²) in [7, 11) is 0. The van der Waals surface area contributed by atoms with Crippen LogP contribution in [0, 0.1) is 0 Å². The van der Waals surface area contributed by atoms with Gasteiger partial charge in [0.15, 0.2) is 0 Å². The first-order valence-electron chi connectivity index (χ1n) is 6.67. The number of hydrogen-bond acceptors (Lipinski definition) is 3. The summed E-state index contributed by atoms with van der Waals surface area (Å²) in [5.41, 5.74) is 7.73. The number of ether oxygens (including phenoxy) is 2. The normalized spacial score (nSPS) is 11.5. The van der Waals surface area contributed by atoms with Crippen molar-refractivity contribution in [3.63, 3.8) is 0 Å². The summed E-state index contributed by atoms with van der Waals surface area (Å²) < 4.78 is 46.1. The van der Waals surface area contributed by atoms with Crippen LogP contribution in [-0.4, -0.2) is 12.5 Å². The Morgan fingerprint density at radius 3 is 2.18 bits per heavy atom. The zero-order chi connectivity index (χ0) is 16.3. The zero-order valence-electron chi connectivity index (χ0n) is 12.1. The average molecular weight is 311 g/mol. The van der Waals surface area contributed by atoms with E-state index in [2.05, 4.69) is 4.74 Å². The highest BCUT2D eigenvalue weighted by Gasteiger charge is 2.31. The Bertz CT molecular complexity index is 637. The highest BCUT2D eigenvalue weighted by Crippen LogP contribution is 2.34. The molecule has 0 radical (unpaired) electrons. The number of alkyl halides is 3. The van der Waals surface area contributed by atoms with Crippen molar-refractivity contribution >= 4 is 5.69 Å². The molecule has 0 bridgehead atoms. The van der Waals surface area contributed by atoms with E-state index in [-0.39, 0.29) is 11.9 Å². The van der Waals surface area contributed by atoms with Crippen LogP contribution in [0.4, 0.5) is 18.9 Å². The molecule has 3 nitrogen and oxygen atoms in total. The fourth-order valence-corrected chi connectivity index (χ4v) is 1.97. The van der Waals surface area contributed by atoms with Crippen LogP contribution < -0.4 is 15.2 Å². The van der Waals surface area contributed by atoms with E-state index >= 15 is 0 Å². The summed E-state index contributed by atoms with van der Waals surface area (Å²) in [6, 6.07) is 10.7. The van der Waals surface area contributed by atoms with Crippen molar-refractivity contribution < 1.29 is 22.6 Å². The molecule has 6 heteroatoms. The van der Waals surface area contributed by atoms with Gasteiger partial charge in [-0.2, -0.15) is 0 Å². The fourth-order valence-electron chi connectivity index (χ4n) is 1.97. The maximum absolute atomic E-state index is 12.2. The molecule has 0 atom stereocenters. The summed E-state index contributed by atoms with van der Waals surface area (Å²) in [6.45, 7) is 3.78. The Morgan fingerprint density at radius 1 is 1.00 bits per heavy atom. The number of halogens is 3. The predicted octanol–water partition coefficient (Wildman–Crippen LogP) is 4.62. The molecule has 0 unspecified atom stereocenters. The first kappa shape index (κ1) is 16.0. The Morgan fingerprint density at radius 2 is 1.64 bits per heavy atom. The molecule has 0 heterocycles. The van der Waals surface area contributed by atoms with Crippen LogP contribution in [-0.2, 0) is 0 Å². The van der Waals surface area contributed by atoms with Crippen molar-refractivity contribution in [1.82, 2.24) is 0 Å². The van der Waals surface area contributed by atoms with Gasteiger partial charge in [0.2, 0.25) is 0 Å². The van der Waals surface area contributed by atoms with Gasteiger partial charge < -0.3 is 15.2 Å². The van der Waals surface area contributed by atoms with E-state index in [0.717, 1.165) is 0 Å². The number of anilines is 1. The van der Waals surface area contributed by atoms with Gasteiger partial charge in [0.05, 0.1) is 6.10 Å². The molecule has 0 aromatic heterocycles. The first-order valence-corrected chi connectivity index (χ1v) is 6.67. The largest absolute Gasteiger partial charge is 0.573 e. The molecular formula is C16H16F3NO2. The molecule has 0 aliphatic heterocycles. The monoisotopic (exact) mass is 311 g/mol. The van der Waals surface area contributed by atoms with E-state index in [1.54, 1.807) is 18.2 Å². The van der Waals surface area contributed by atoms with Gasteiger partial charge >= 0.3 is 6.36 Å². The van der Waals surface area contributed by atoms with Crippen molar-refractivity contribution in [2.75, 3.05) is 5.73 Å². The lowest BCUT2D eigenvalue weighted by atomic mass is 10.0. The topological polar surface area (TPSA) is 44.5 Å². The maximum atomic E-state index is 12.2. The molecule has 2 rings (SSSR count). The van der Waals surface area contributed by atoms with Crippen LogP contribution in [0.2, 0.25) is 0 Å². The van der Waals surface area contributed by atoms with Gasteiger partial charge in [-0.25, -0.2) is 0 Å². The molecule has 2 N–H and O–H groups in total. The molecule has 118 valence electrons. The van der Waals surface area contributed by atoms with Gasteiger partial charge in [-0.1, -0.05) is 12.1 Å². The highest BCUT2D eigenvalue weighted by atomic mass is 19.4. The van der Waals surface area contributed by atoms with Gasteiger partial charge in [0, 0.05) is 11.3 Å². The van der Waals surface area contributed by atoms with Crippen molar-refractivity contribution in [3.8, 4) is 22.6 Å². The van der Waals surface area contributed by atoms with E-state index in [1.807, 2.05) is 13.8 Å². The van der Waals surface area contributed by atoms with Gasteiger partial charge in [0.1, 0.15) is 11.5 Å². The van der Waals surface area contributed by atoms with Crippen LogP contribution in [0.15, 0.2) is 42.5 Å². The standard InChI is InChI=1S/C16H16F3NO2/c1-10(2)21-15-8-5-12(20)9-14(15)11-3-6-13(7-4-11)22-16(17,18)19/h3-10H,20H2,1-2H3. The summed E-state index contributed by atoms with van der Waals surface area (Å²) in [6.07, 6.45) is -4.74. The molecular weight excluding hydrogens is 295 g/mol. The third-order valence-electron chi connectivity index (χ3n) is 2.77. The van der Waals surface area contributed by atoms with Gasteiger partial charge in [-0.05, 0) is 49.7 Å². The molecule has 0 saturated carbocycles. The quantitative estimate of drug-likeness (QED) is 0.838. The summed E-state index contributed by atoms with van der Waals surface area (Å²) in [5, 5.41) is 0. The molecule has 0 aliphatic rings. The molecule has 0 saturated heterocycles. The number of rotatable bonds is 4. The van der Waals surface area contributed by atoms with E-state index in [4.69, 9.17) is 10.5 Å². The lowest BCUT2D eigenvalue weighted by Gasteiger charge is -2.15. The lowest BCUT2D eigenvalue weighted by molar-refractivity contribution is -0.274. The van der Waals surface area contributed by atoms with Crippen LogP contribution >= 0.6 is 0 Å². The van der Waals surface area contributed by atoms with Crippen LogP contribution in [0.1, 0.15) is 13.8 Å². The Kier molecular flexibility index (Phi) is 4.49. The second kappa shape index (κ2) is 6.17. The van der Waals surface area contributed by atoms with Crippen molar-refractivity contribution in [2.24, 2.45) is 0 Å². The van der Waals surface area contributed by atoms with Crippen molar-refractivity contribution in [1.29, 1.82) is 0 Å². The average Bonchev–Trinajstić information content (AvgIpc) is 2.39. The van der Waals surface area contributed by atoms with E-state index in [9.17, 15) is 13.2 Å².